The van der Waals surface area contributed by atoms with Crippen LogP contribution in [0.15, 0.2) is 74.2 Å². The van der Waals surface area contributed by atoms with E-state index in [-0.39, 0.29) is 0 Å². The number of aryl methyl sites for hydroxylation is 1. The van der Waals surface area contributed by atoms with Gasteiger partial charge in [-0.3, -0.25) is 0 Å². The van der Waals surface area contributed by atoms with Crippen molar-refractivity contribution < 1.29 is 4.52 Å². The largest absolute Gasteiger partial charge is 0.441 e. The fourth-order valence-electron chi connectivity index (χ4n) is 4.93. The van der Waals surface area contributed by atoms with Gasteiger partial charge < -0.3 is 4.52 Å². The normalized spacial score (nSPS) is 21.7. The topological polar surface area (TPSA) is 46.3 Å². The maximum Gasteiger partial charge on any atom is 0.248 e. The molecule has 4 nitrogen and oxygen atoms in total. The molecule has 3 aromatic carbocycles. The highest BCUT2D eigenvalue weighted by Crippen LogP contribution is 2.73. The van der Waals surface area contributed by atoms with Crippen LogP contribution < -0.4 is 4.52 Å². The molecule has 3 aromatic rings. The molecule has 5 rings (SSSR count). The second-order valence-corrected chi connectivity index (χ2v) is 19.4. The molecule has 7 heteroatoms. The van der Waals surface area contributed by atoms with Gasteiger partial charge in [-0.2, -0.15) is 0 Å². The average molecular weight is 507 g/mol. The van der Waals surface area contributed by atoms with Gasteiger partial charge in [-0.1, -0.05) is 66.2 Å². The summed E-state index contributed by atoms with van der Waals surface area (Å²) in [5.74, 6) is 0.827. The molecule has 0 saturated carbocycles. The molecule has 0 spiro atoms. The van der Waals surface area contributed by atoms with Crippen molar-refractivity contribution >= 4 is 34.0 Å². The van der Waals surface area contributed by atoms with Gasteiger partial charge in [0.15, 0.2) is 0 Å². The number of benzene rings is 3. The van der Waals surface area contributed by atoms with E-state index in [0.29, 0.717) is 0 Å². The van der Waals surface area contributed by atoms with Crippen LogP contribution in [0.1, 0.15) is 27.8 Å². The molecule has 1 heterocycles. The van der Waals surface area contributed by atoms with E-state index in [1.54, 1.807) is 0 Å². The van der Waals surface area contributed by atoms with Crippen molar-refractivity contribution in [3.8, 4) is 16.9 Å². The first kappa shape index (κ1) is 23.6. The molecule has 0 fully saturated rings. The molecule has 0 amide bonds. The van der Waals surface area contributed by atoms with Gasteiger partial charge in [0.1, 0.15) is 5.75 Å². The molecule has 1 aliphatic carbocycles. The average Bonchev–Trinajstić information content (AvgIpc) is 3.06. The lowest BCUT2D eigenvalue weighted by molar-refractivity contribution is 0.610. The van der Waals surface area contributed by atoms with Crippen LogP contribution in [-0.2, 0) is 6.42 Å². The molecular weight excluding hydrogens is 475 g/mol. The molecule has 2 aliphatic rings. The summed E-state index contributed by atoms with van der Waals surface area (Å²) in [6, 6.07) is 21.8. The van der Waals surface area contributed by atoms with Crippen molar-refractivity contribution in [1.82, 2.24) is 0 Å². The number of rotatable bonds is 4. The van der Waals surface area contributed by atoms with Crippen LogP contribution in [0.25, 0.3) is 23.3 Å². The van der Waals surface area contributed by atoms with Crippen LogP contribution in [0, 0.1) is 6.92 Å². The fraction of sp³-hybridized carbons (Fsp3) is 0.259. The smallest absolute Gasteiger partial charge is 0.248 e. The highest BCUT2D eigenvalue weighted by molar-refractivity contribution is 7.84. The molecule has 1 aliphatic heterocycles. The highest BCUT2D eigenvalue weighted by atomic mass is 31.3. The van der Waals surface area contributed by atoms with Crippen LogP contribution in [0.4, 0.5) is 0 Å². The van der Waals surface area contributed by atoms with E-state index in [9.17, 15) is 0 Å². The lowest BCUT2D eigenvalue weighted by Gasteiger charge is -2.28. The summed E-state index contributed by atoms with van der Waals surface area (Å²) in [7, 11) is -5.57. The minimum absolute atomic E-state index is 0.827. The summed E-state index contributed by atoms with van der Waals surface area (Å²) in [5.41, 5.74) is 9.28. The van der Waals surface area contributed by atoms with Crippen LogP contribution >= 0.6 is 21.8 Å². The molecular formula is C27H32N3OP3. The number of fused-ring (bicyclic) bond motifs is 3. The molecule has 1 unspecified atom stereocenters. The van der Waals surface area contributed by atoms with Crippen LogP contribution in [0.2, 0.25) is 0 Å². The van der Waals surface area contributed by atoms with Crippen molar-refractivity contribution in [1.29, 1.82) is 0 Å². The van der Waals surface area contributed by atoms with E-state index in [1.165, 1.54) is 33.4 Å². The van der Waals surface area contributed by atoms with E-state index in [1.807, 2.05) is 12.1 Å². The minimum atomic E-state index is -2.21. The van der Waals surface area contributed by atoms with Crippen LogP contribution in [0.5, 0.6) is 5.75 Å². The van der Waals surface area contributed by atoms with Gasteiger partial charge in [-0.25, -0.2) is 13.5 Å². The molecule has 1 atom stereocenters. The Morgan fingerprint density at radius 1 is 0.676 bits per heavy atom. The SMILES string of the molecule is Cc1ccc2c(c1)Cc1cc(/C=C/c3ccc(OP4(C)=NP(C)(C)=NP(C)(C)=N4)cc3)ccc1-2. The van der Waals surface area contributed by atoms with Crippen molar-refractivity contribution in [2.24, 2.45) is 13.5 Å². The zero-order chi connectivity index (χ0) is 24.1. The van der Waals surface area contributed by atoms with Gasteiger partial charge in [-0.15, -0.1) is 0 Å². The first-order valence-electron chi connectivity index (χ1n) is 11.5. The second-order valence-electron chi connectivity index (χ2n) is 10.0. The van der Waals surface area contributed by atoms with E-state index in [2.05, 4.69) is 101 Å². The van der Waals surface area contributed by atoms with Gasteiger partial charge >= 0.3 is 0 Å². The Bertz CT molecular complexity index is 1480. The van der Waals surface area contributed by atoms with Crippen LogP contribution in [0.3, 0.4) is 0 Å². The molecule has 0 N–H and O–H groups in total. The third-order valence-corrected chi connectivity index (χ3v) is 16.1. The van der Waals surface area contributed by atoms with Crippen LogP contribution in [-0.4, -0.2) is 33.3 Å². The Kier molecular flexibility index (Phi) is 5.92. The van der Waals surface area contributed by atoms with Gasteiger partial charge in [0.2, 0.25) is 7.43 Å². The first-order chi connectivity index (χ1) is 16.0. The predicted octanol–water partition coefficient (Wildman–Crippen LogP) is 9.54. The van der Waals surface area contributed by atoms with Gasteiger partial charge in [0.25, 0.3) is 0 Å². The lowest BCUT2D eigenvalue weighted by Crippen LogP contribution is -1.93. The number of hydrogen-bond acceptors (Lipinski definition) is 4. The lowest BCUT2D eigenvalue weighted by atomic mass is 10.0. The maximum absolute atomic E-state index is 6.37. The van der Waals surface area contributed by atoms with Gasteiger partial charge in [0.05, 0.1) is 14.4 Å². The predicted molar refractivity (Wildman–Crippen MR) is 153 cm³/mol. The molecule has 0 radical (unpaired) electrons. The number of nitrogens with zero attached hydrogens (tertiary/aromatic N) is 3. The summed E-state index contributed by atoms with van der Waals surface area (Å²) in [6.07, 6.45) is 5.36. The fourth-order valence-corrected chi connectivity index (χ4v) is 17.9. The Hall–Kier alpha value is -2.11. The van der Waals surface area contributed by atoms with Crippen molar-refractivity contribution in [2.75, 3.05) is 33.3 Å². The van der Waals surface area contributed by atoms with Gasteiger partial charge in [0, 0.05) is 6.66 Å². The second kappa shape index (κ2) is 8.53. The zero-order valence-corrected chi connectivity index (χ0v) is 23.4. The summed E-state index contributed by atoms with van der Waals surface area (Å²) < 4.78 is 21.2. The monoisotopic (exact) mass is 507 g/mol. The number of hydrogen-bond donors (Lipinski definition) is 0. The molecule has 0 saturated heterocycles. The standard InChI is InChI=1S/C27H32N3OP3/c1-20-7-15-26-23(17-20)19-24-18-22(12-16-27(24)26)9-8-21-10-13-25(14-11-21)31-34(6)29-32(2,3)28-33(4,5)30-34/h7-18H,19H2,1-6H3/b9-8+. The zero-order valence-electron chi connectivity index (χ0n) is 20.7. The molecule has 0 aromatic heterocycles. The third kappa shape index (κ3) is 5.11. The van der Waals surface area contributed by atoms with Crippen molar-refractivity contribution in [3.63, 3.8) is 0 Å². The summed E-state index contributed by atoms with van der Waals surface area (Å²) in [4.78, 5) is 0. The first-order valence-corrected chi connectivity index (χ1v) is 18.7. The highest BCUT2D eigenvalue weighted by Gasteiger charge is 2.26. The Morgan fingerprint density at radius 3 is 1.97 bits per heavy atom. The Labute approximate surface area is 203 Å². The van der Waals surface area contributed by atoms with E-state index in [4.69, 9.17) is 18.1 Å². The third-order valence-electron chi connectivity index (χ3n) is 5.90. The van der Waals surface area contributed by atoms with E-state index >= 15 is 0 Å². The minimum Gasteiger partial charge on any atom is -0.441 e. The van der Waals surface area contributed by atoms with Crippen molar-refractivity contribution in [3.05, 3.63) is 88.5 Å². The Balaban J connectivity index is 1.32. The van der Waals surface area contributed by atoms with Crippen molar-refractivity contribution in [2.45, 2.75) is 13.3 Å². The summed E-state index contributed by atoms with van der Waals surface area (Å²) in [6.45, 7) is 12.8. The summed E-state index contributed by atoms with van der Waals surface area (Å²) >= 11 is 0. The van der Waals surface area contributed by atoms with E-state index in [0.717, 1.165) is 17.7 Å². The molecule has 34 heavy (non-hydrogen) atoms. The molecule has 0 bridgehead atoms. The summed E-state index contributed by atoms with van der Waals surface area (Å²) in [5, 5.41) is 0. The maximum atomic E-state index is 6.37. The van der Waals surface area contributed by atoms with Gasteiger partial charge in [-0.05, 0) is 85.5 Å². The van der Waals surface area contributed by atoms with E-state index < -0.39 is 21.8 Å². The molecule has 176 valence electrons. The quantitative estimate of drug-likeness (QED) is 0.200. The Morgan fingerprint density at radius 2 is 1.26 bits per heavy atom.